The molecule has 9 nitrogen and oxygen atoms in total. The average Bonchev–Trinajstić information content (AvgIpc) is 3.19. The van der Waals surface area contributed by atoms with Crippen LogP contribution in [0.1, 0.15) is 53.0 Å². The van der Waals surface area contributed by atoms with Crippen LogP contribution in [0.5, 0.6) is 0 Å². The molecule has 12 heteroatoms. The summed E-state index contributed by atoms with van der Waals surface area (Å²) >= 11 is 0. The third kappa shape index (κ3) is 4.50. The van der Waals surface area contributed by atoms with Gasteiger partial charge in [0.25, 0.3) is 5.91 Å². The van der Waals surface area contributed by atoms with Crippen LogP contribution < -0.4 is 5.73 Å². The molecule has 0 spiro atoms. The van der Waals surface area contributed by atoms with Gasteiger partial charge in [0.15, 0.2) is 5.69 Å². The van der Waals surface area contributed by atoms with Gasteiger partial charge in [-0.15, -0.1) is 5.10 Å². The van der Waals surface area contributed by atoms with E-state index in [1.165, 1.54) is 24.3 Å². The van der Waals surface area contributed by atoms with Crippen molar-refractivity contribution in [3.63, 3.8) is 0 Å². The quantitative estimate of drug-likeness (QED) is 0.576. The lowest BCUT2D eigenvalue weighted by atomic mass is 10.0. The smallest absolute Gasteiger partial charge is 0.383 e. The number of fused-ring (bicyclic) bond motifs is 3. The number of halogens is 3. The van der Waals surface area contributed by atoms with Crippen LogP contribution in [0.15, 0.2) is 24.4 Å². The zero-order valence-corrected chi connectivity index (χ0v) is 18.8. The topological polar surface area (TPSA) is 116 Å². The number of methoxy groups -OCH3 is 1. The Bertz CT molecular complexity index is 1220. The highest BCUT2D eigenvalue weighted by Gasteiger charge is 2.33. The van der Waals surface area contributed by atoms with Crippen LogP contribution in [0.2, 0.25) is 0 Å². The lowest BCUT2D eigenvalue weighted by Crippen LogP contribution is -2.41. The maximum atomic E-state index is 13.5. The number of hydrogen-bond donors (Lipinski definition) is 1. The number of anilines is 1. The second-order valence-corrected chi connectivity index (χ2v) is 8.07. The van der Waals surface area contributed by atoms with Gasteiger partial charge < -0.3 is 20.1 Å². The van der Waals surface area contributed by atoms with Crippen molar-refractivity contribution >= 4 is 22.6 Å². The molecule has 2 atom stereocenters. The first-order valence-electron chi connectivity index (χ1n) is 10.5. The van der Waals surface area contributed by atoms with Crippen LogP contribution in [-0.2, 0) is 28.8 Å². The molecule has 0 aliphatic carbocycles. The molecule has 180 valence electrons. The molecule has 0 bridgehead atoms. The summed E-state index contributed by atoms with van der Waals surface area (Å²) in [6.45, 7) is 4.10. The molecule has 3 aromatic heterocycles. The summed E-state index contributed by atoms with van der Waals surface area (Å²) in [7, 11) is 1.49. The van der Waals surface area contributed by atoms with Crippen molar-refractivity contribution in [1.29, 1.82) is 0 Å². The number of rotatable bonds is 6. The molecule has 0 aromatic carbocycles. The van der Waals surface area contributed by atoms with Crippen LogP contribution in [0, 0.1) is 0 Å². The molecule has 1 aliphatic heterocycles. The summed E-state index contributed by atoms with van der Waals surface area (Å²) in [5.74, 6) is -0.0738. The van der Waals surface area contributed by atoms with Gasteiger partial charge in [-0.2, -0.15) is 18.3 Å². The van der Waals surface area contributed by atoms with Crippen LogP contribution in [0.25, 0.3) is 10.9 Å². The van der Waals surface area contributed by atoms with E-state index < -0.39 is 23.8 Å². The molecule has 0 radical (unpaired) electrons. The van der Waals surface area contributed by atoms with Crippen molar-refractivity contribution in [2.24, 2.45) is 0 Å². The maximum Gasteiger partial charge on any atom is 0.435 e. The van der Waals surface area contributed by atoms with Crippen molar-refractivity contribution < 1.29 is 27.4 Å². The van der Waals surface area contributed by atoms with Gasteiger partial charge in [-0.3, -0.25) is 4.79 Å². The number of hydrogen-bond acceptors (Lipinski definition) is 8. The third-order valence-corrected chi connectivity index (χ3v) is 5.70. The minimum Gasteiger partial charge on any atom is -0.383 e. The van der Waals surface area contributed by atoms with Crippen LogP contribution in [-0.4, -0.2) is 50.7 Å². The number of aromatic nitrogens is 4. The molecule has 3 aromatic rings. The van der Waals surface area contributed by atoms with Gasteiger partial charge in [0.05, 0.1) is 49.3 Å². The van der Waals surface area contributed by atoms with E-state index in [4.69, 9.17) is 15.2 Å². The fraction of sp³-hybridized carbons (Fsp3) is 0.409. The fourth-order valence-electron chi connectivity index (χ4n) is 3.96. The number of nitrogen functional groups attached to an aromatic ring is 1. The number of carbonyl (C=O) groups excluding carboxylic acids is 1. The molecule has 0 unspecified atom stereocenters. The van der Waals surface area contributed by atoms with Gasteiger partial charge in [-0.25, -0.2) is 9.97 Å². The van der Waals surface area contributed by atoms with Crippen molar-refractivity contribution in [3.05, 3.63) is 52.6 Å². The predicted octanol–water partition coefficient (Wildman–Crippen LogP) is 3.29. The number of amides is 1. The molecule has 1 amide bonds. The number of ether oxygens (including phenoxy) is 2. The molecular weight excluding hydrogens is 453 g/mol. The first-order valence-corrected chi connectivity index (χ1v) is 10.5. The largest absolute Gasteiger partial charge is 0.435 e. The predicted molar refractivity (Wildman–Crippen MR) is 115 cm³/mol. The Balaban J connectivity index is 1.68. The number of nitrogens with two attached hydrogens (primary N) is 1. The monoisotopic (exact) mass is 476 g/mol. The molecule has 0 saturated heterocycles. The van der Waals surface area contributed by atoms with E-state index >= 15 is 0 Å². The lowest BCUT2D eigenvalue weighted by molar-refractivity contribution is -0.141. The number of nitrogens with zero attached hydrogens (tertiary/aromatic N) is 5. The summed E-state index contributed by atoms with van der Waals surface area (Å²) in [4.78, 5) is 23.6. The SMILES string of the molecule is COC[C@@H](C)N(Cc1ccc(C(F)(F)F)nn1)C(=O)c1cc2c3c(c(N)nc2cn1)[C@@H](C)OC3. The Labute approximate surface area is 193 Å². The van der Waals surface area contributed by atoms with Crippen molar-refractivity contribution in [2.75, 3.05) is 19.5 Å². The van der Waals surface area contributed by atoms with Gasteiger partial charge in [-0.05, 0) is 37.6 Å². The van der Waals surface area contributed by atoms with Gasteiger partial charge in [0, 0.05) is 18.1 Å². The average molecular weight is 476 g/mol. The Hall–Kier alpha value is -3.38. The molecule has 2 N–H and O–H groups in total. The van der Waals surface area contributed by atoms with Crippen LogP contribution in [0.3, 0.4) is 0 Å². The second-order valence-electron chi connectivity index (χ2n) is 8.07. The van der Waals surface area contributed by atoms with Crippen LogP contribution >= 0.6 is 0 Å². The van der Waals surface area contributed by atoms with E-state index in [0.717, 1.165) is 17.2 Å². The Morgan fingerprint density at radius 2 is 2.12 bits per heavy atom. The Kier molecular flexibility index (Phi) is 6.36. The third-order valence-electron chi connectivity index (χ3n) is 5.70. The zero-order chi connectivity index (χ0) is 24.6. The van der Waals surface area contributed by atoms with Gasteiger partial charge in [0.1, 0.15) is 11.5 Å². The summed E-state index contributed by atoms with van der Waals surface area (Å²) in [5, 5.41) is 7.60. The van der Waals surface area contributed by atoms with E-state index in [9.17, 15) is 18.0 Å². The summed E-state index contributed by atoms with van der Waals surface area (Å²) in [6, 6.07) is 3.25. The molecule has 4 rings (SSSR count). The summed E-state index contributed by atoms with van der Waals surface area (Å²) < 4.78 is 49.3. The molecule has 4 heterocycles. The molecule has 0 fully saturated rings. The fourth-order valence-corrected chi connectivity index (χ4v) is 3.96. The lowest BCUT2D eigenvalue weighted by Gasteiger charge is -2.28. The zero-order valence-electron chi connectivity index (χ0n) is 18.8. The molecule has 0 saturated carbocycles. The summed E-state index contributed by atoms with van der Waals surface area (Å²) in [5.41, 5.74) is 7.50. The highest BCUT2D eigenvalue weighted by molar-refractivity contribution is 5.97. The van der Waals surface area contributed by atoms with E-state index in [-0.39, 0.29) is 30.6 Å². The highest BCUT2D eigenvalue weighted by atomic mass is 19.4. The second kappa shape index (κ2) is 9.11. The van der Waals surface area contributed by atoms with Gasteiger partial charge in [-0.1, -0.05) is 0 Å². The Morgan fingerprint density at radius 1 is 1.35 bits per heavy atom. The van der Waals surface area contributed by atoms with E-state index in [0.29, 0.717) is 23.3 Å². The standard InChI is InChI=1S/C22H23F3N6O3/c1-11(9-33-3)31(8-13-4-5-18(30-29-13)22(23,24)25)21(32)16-6-14-15-10-34-12(2)19(15)20(26)28-17(14)7-27-16/h4-7,11-12H,8-10H2,1-3H3,(H2,26,28)/t11-,12-/m1/s1. The number of pyridine rings is 2. The van der Waals surface area contributed by atoms with E-state index in [2.05, 4.69) is 20.2 Å². The summed E-state index contributed by atoms with van der Waals surface area (Å²) in [6.07, 6.45) is -3.34. The van der Waals surface area contributed by atoms with Crippen molar-refractivity contribution in [3.8, 4) is 0 Å². The molecule has 34 heavy (non-hydrogen) atoms. The maximum absolute atomic E-state index is 13.5. The number of carbonyl (C=O) groups is 1. The highest BCUT2D eigenvalue weighted by Crippen LogP contribution is 2.38. The van der Waals surface area contributed by atoms with Crippen LogP contribution in [0.4, 0.5) is 19.0 Å². The number of alkyl halides is 3. The van der Waals surface area contributed by atoms with E-state index in [1.54, 1.807) is 13.0 Å². The Morgan fingerprint density at radius 3 is 2.76 bits per heavy atom. The molecular formula is C22H23F3N6O3. The van der Waals surface area contributed by atoms with E-state index in [1.807, 2.05) is 6.92 Å². The first-order chi connectivity index (χ1) is 16.1. The normalized spacial score (nSPS) is 16.5. The van der Waals surface area contributed by atoms with Gasteiger partial charge >= 0.3 is 6.18 Å². The van der Waals surface area contributed by atoms with Crippen molar-refractivity contribution in [1.82, 2.24) is 25.1 Å². The minimum absolute atomic E-state index is 0.0769. The minimum atomic E-state index is -4.60. The van der Waals surface area contributed by atoms with Gasteiger partial charge in [0.2, 0.25) is 0 Å². The molecule has 1 aliphatic rings. The first kappa shape index (κ1) is 23.8. The van der Waals surface area contributed by atoms with Crippen molar-refractivity contribution in [2.45, 2.75) is 45.3 Å².